The van der Waals surface area contributed by atoms with Crippen molar-refractivity contribution in [2.75, 3.05) is 0 Å². The predicted molar refractivity (Wildman–Crippen MR) is 107 cm³/mol. The molecule has 1 heterocycles. The average molecular weight is 371 g/mol. The van der Waals surface area contributed by atoms with Crippen molar-refractivity contribution in [2.24, 2.45) is 0 Å². The number of hydrogen-bond donors (Lipinski definition) is 0. The third kappa shape index (κ3) is 4.90. The number of aromatic nitrogens is 2. The summed E-state index contributed by atoms with van der Waals surface area (Å²) in [6.45, 7) is 7.61. The summed E-state index contributed by atoms with van der Waals surface area (Å²) in [5.74, 6) is 0. The molecule has 0 aliphatic carbocycles. The van der Waals surface area contributed by atoms with Gasteiger partial charge in [-0.2, -0.15) is 0 Å². The van der Waals surface area contributed by atoms with Crippen LogP contribution in [-0.4, -0.2) is 9.55 Å². The zero-order valence-electron chi connectivity index (χ0n) is 14.8. The van der Waals surface area contributed by atoms with E-state index in [1.54, 1.807) is 0 Å². The van der Waals surface area contributed by atoms with Gasteiger partial charge in [-0.1, -0.05) is 56.6 Å². The molecule has 0 aliphatic rings. The van der Waals surface area contributed by atoms with Crippen LogP contribution in [0.4, 0.5) is 0 Å². The fraction of sp³-hybridized carbons (Fsp3) is 0.286. The van der Waals surface area contributed by atoms with E-state index in [1.807, 2.05) is 42.6 Å². The highest BCUT2D eigenvalue weighted by atomic mass is 35.5. The van der Waals surface area contributed by atoms with E-state index in [1.165, 1.54) is 16.0 Å². The standard InChI is InChI=1S/C21H23ClN2S/c1-21(2,3)17-6-4-16(5-7-17)20(14-24-13-12-23-15-24)25-19-10-8-18(22)9-11-19/h4-13,15,20H,14H2,1-3H3. The lowest BCUT2D eigenvalue weighted by Gasteiger charge is -2.22. The first-order chi connectivity index (χ1) is 11.9. The number of rotatable bonds is 5. The van der Waals surface area contributed by atoms with E-state index < -0.39 is 0 Å². The Morgan fingerprint density at radius 1 is 1.04 bits per heavy atom. The maximum Gasteiger partial charge on any atom is 0.0946 e. The largest absolute Gasteiger partial charge is 0.336 e. The Morgan fingerprint density at radius 2 is 1.72 bits per heavy atom. The smallest absolute Gasteiger partial charge is 0.0946 e. The monoisotopic (exact) mass is 370 g/mol. The highest BCUT2D eigenvalue weighted by Crippen LogP contribution is 2.37. The van der Waals surface area contributed by atoms with Gasteiger partial charge in [-0.25, -0.2) is 4.98 Å². The first-order valence-electron chi connectivity index (χ1n) is 8.40. The first-order valence-corrected chi connectivity index (χ1v) is 9.66. The highest BCUT2D eigenvalue weighted by Gasteiger charge is 2.17. The van der Waals surface area contributed by atoms with Crippen molar-refractivity contribution >= 4 is 23.4 Å². The van der Waals surface area contributed by atoms with Crippen LogP contribution in [-0.2, 0) is 12.0 Å². The van der Waals surface area contributed by atoms with E-state index in [4.69, 9.17) is 11.6 Å². The van der Waals surface area contributed by atoms with E-state index >= 15 is 0 Å². The quantitative estimate of drug-likeness (QED) is 0.486. The molecule has 1 aromatic heterocycles. The second-order valence-electron chi connectivity index (χ2n) is 7.19. The van der Waals surface area contributed by atoms with Crippen molar-refractivity contribution in [3.8, 4) is 0 Å². The number of hydrogen-bond acceptors (Lipinski definition) is 2. The number of nitrogens with zero attached hydrogens (tertiary/aromatic N) is 2. The van der Waals surface area contributed by atoms with Gasteiger partial charge in [0.05, 0.1) is 11.6 Å². The summed E-state index contributed by atoms with van der Waals surface area (Å²) < 4.78 is 2.13. The van der Waals surface area contributed by atoms with Gasteiger partial charge in [0.1, 0.15) is 0 Å². The van der Waals surface area contributed by atoms with E-state index in [2.05, 4.69) is 66.7 Å². The second kappa shape index (κ2) is 7.67. The molecule has 0 radical (unpaired) electrons. The summed E-state index contributed by atoms with van der Waals surface area (Å²) >= 11 is 7.87. The predicted octanol–water partition coefficient (Wildman–Crippen LogP) is 6.37. The summed E-state index contributed by atoms with van der Waals surface area (Å²) in [5, 5.41) is 1.08. The molecule has 0 spiro atoms. The van der Waals surface area contributed by atoms with E-state index in [0.29, 0.717) is 5.25 Å². The maximum atomic E-state index is 6.02. The Hall–Kier alpha value is -1.71. The molecule has 3 rings (SSSR count). The number of benzene rings is 2. The van der Waals surface area contributed by atoms with Gasteiger partial charge in [0, 0.05) is 28.9 Å². The number of thioether (sulfide) groups is 1. The van der Waals surface area contributed by atoms with Crippen LogP contribution < -0.4 is 0 Å². The molecular formula is C21H23ClN2S. The van der Waals surface area contributed by atoms with Crippen molar-refractivity contribution in [1.29, 1.82) is 0 Å². The molecule has 130 valence electrons. The number of halogens is 1. The van der Waals surface area contributed by atoms with Crippen molar-refractivity contribution in [1.82, 2.24) is 9.55 Å². The SMILES string of the molecule is CC(C)(C)c1ccc(C(Cn2ccnc2)Sc2ccc(Cl)cc2)cc1. The molecule has 0 fully saturated rings. The molecule has 1 atom stereocenters. The van der Waals surface area contributed by atoms with Crippen LogP contribution in [0.5, 0.6) is 0 Å². The number of imidazole rings is 1. The van der Waals surface area contributed by atoms with Crippen LogP contribution >= 0.6 is 23.4 Å². The molecule has 2 aromatic carbocycles. The summed E-state index contributed by atoms with van der Waals surface area (Å²) in [6, 6.07) is 17.1. The highest BCUT2D eigenvalue weighted by molar-refractivity contribution is 7.99. The van der Waals surface area contributed by atoms with Crippen LogP contribution in [0.1, 0.15) is 37.1 Å². The van der Waals surface area contributed by atoms with Crippen molar-refractivity contribution in [3.63, 3.8) is 0 Å². The molecule has 0 saturated heterocycles. The van der Waals surface area contributed by atoms with Gasteiger partial charge >= 0.3 is 0 Å². The summed E-state index contributed by atoms with van der Waals surface area (Å²) in [5.41, 5.74) is 2.84. The summed E-state index contributed by atoms with van der Waals surface area (Å²) in [4.78, 5) is 5.39. The molecule has 3 aromatic rings. The lowest BCUT2D eigenvalue weighted by molar-refractivity contribution is 0.589. The Bertz CT molecular complexity index is 787. The second-order valence-corrected chi connectivity index (χ2v) is 8.90. The molecule has 0 saturated carbocycles. The molecule has 4 heteroatoms. The molecule has 25 heavy (non-hydrogen) atoms. The Morgan fingerprint density at radius 3 is 2.28 bits per heavy atom. The van der Waals surface area contributed by atoms with Crippen molar-refractivity contribution < 1.29 is 0 Å². The van der Waals surface area contributed by atoms with Gasteiger partial charge in [0.25, 0.3) is 0 Å². The van der Waals surface area contributed by atoms with Crippen molar-refractivity contribution in [3.05, 3.63) is 83.4 Å². The molecule has 2 nitrogen and oxygen atoms in total. The van der Waals surface area contributed by atoms with Gasteiger partial charge in [-0.05, 0) is 40.8 Å². The third-order valence-corrected chi connectivity index (χ3v) is 5.68. The Labute approximate surface area is 159 Å². The third-order valence-electron chi connectivity index (χ3n) is 4.18. The first kappa shape index (κ1) is 18.1. The van der Waals surface area contributed by atoms with Crippen LogP contribution in [0.25, 0.3) is 0 Å². The van der Waals surface area contributed by atoms with Crippen LogP contribution in [0.2, 0.25) is 5.02 Å². The Kier molecular flexibility index (Phi) is 5.55. The van der Waals surface area contributed by atoms with E-state index in [9.17, 15) is 0 Å². The van der Waals surface area contributed by atoms with Crippen LogP contribution in [0.15, 0.2) is 72.1 Å². The minimum Gasteiger partial charge on any atom is -0.336 e. The van der Waals surface area contributed by atoms with Gasteiger partial charge in [-0.15, -0.1) is 11.8 Å². The fourth-order valence-electron chi connectivity index (χ4n) is 2.67. The van der Waals surface area contributed by atoms with Crippen LogP contribution in [0.3, 0.4) is 0 Å². The Balaban J connectivity index is 1.86. The topological polar surface area (TPSA) is 17.8 Å². The fourth-order valence-corrected chi connectivity index (χ4v) is 3.96. The van der Waals surface area contributed by atoms with Gasteiger partial charge in [0.15, 0.2) is 0 Å². The van der Waals surface area contributed by atoms with E-state index in [-0.39, 0.29) is 5.41 Å². The molecule has 0 amide bonds. The lowest BCUT2D eigenvalue weighted by Crippen LogP contribution is -2.11. The van der Waals surface area contributed by atoms with E-state index in [0.717, 1.165) is 11.6 Å². The zero-order valence-corrected chi connectivity index (χ0v) is 16.4. The molecular weight excluding hydrogens is 348 g/mol. The van der Waals surface area contributed by atoms with Gasteiger partial charge in [0.2, 0.25) is 0 Å². The lowest BCUT2D eigenvalue weighted by atomic mass is 9.86. The maximum absolute atomic E-state index is 6.02. The molecule has 1 unspecified atom stereocenters. The normalized spacial score (nSPS) is 13.0. The minimum absolute atomic E-state index is 0.168. The van der Waals surface area contributed by atoms with Gasteiger partial charge in [-0.3, -0.25) is 0 Å². The average Bonchev–Trinajstić information content (AvgIpc) is 3.09. The minimum atomic E-state index is 0.168. The summed E-state index contributed by atoms with van der Waals surface area (Å²) in [7, 11) is 0. The molecule has 0 N–H and O–H groups in total. The molecule has 0 bridgehead atoms. The van der Waals surface area contributed by atoms with Crippen LogP contribution in [0, 0.1) is 0 Å². The molecule has 0 aliphatic heterocycles. The summed E-state index contributed by atoms with van der Waals surface area (Å²) in [6.07, 6.45) is 5.71. The zero-order chi connectivity index (χ0) is 17.9. The van der Waals surface area contributed by atoms with Gasteiger partial charge < -0.3 is 4.57 Å². The van der Waals surface area contributed by atoms with Crippen molar-refractivity contribution in [2.45, 2.75) is 42.9 Å².